The van der Waals surface area contributed by atoms with Gasteiger partial charge in [0, 0.05) is 12.6 Å². The SMILES string of the molecule is CC[C@@H](Cc1cc2c(cc1F)OCN(Cc1ccc(C(F)(F)F)cc1)C2=O)C(=O)O. The summed E-state index contributed by atoms with van der Waals surface area (Å²) in [6.45, 7) is 1.50. The van der Waals surface area contributed by atoms with Gasteiger partial charge in [-0.1, -0.05) is 19.1 Å². The minimum absolute atomic E-state index is 0.00975. The molecule has 0 radical (unpaired) electrons. The molecule has 1 aliphatic rings. The second-order valence-corrected chi connectivity index (χ2v) is 7.06. The molecular weight excluding hydrogens is 406 g/mol. The lowest BCUT2D eigenvalue weighted by Crippen LogP contribution is -2.38. The van der Waals surface area contributed by atoms with Gasteiger partial charge in [0.1, 0.15) is 11.6 Å². The molecule has 0 spiro atoms. The van der Waals surface area contributed by atoms with Crippen LogP contribution in [0.2, 0.25) is 0 Å². The first-order valence-electron chi connectivity index (χ1n) is 9.23. The van der Waals surface area contributed by atoms with Crippen LogP contribution in [-0.4, -0.2) is 28.6 Å². The highest BCUT2D eigenvalue weighted by atomic mass is 19.4. The van der Waals surface area contributed by atoms with Crippen LogP contribution in [-0.2, 0) is 23.9 Å². The van der Waals surface area contributed by atoms with E-state index in [1.807, 2.05) is 0 Å². The molecule has 2 aromatic rings. The van der Waals surface area contributed by atoms with Gasteiger partial charge >= 0.3 is 12.1 Å². The molecule has 1 amide bonds. The fourth-order valence-corrected chi connectivity index (χ4v) is 3.23. The standard InChI is InChI=1S/C21H19F4NO4/c1-2-13(20(28)29)7-14-8-16-18(9-17(14)22)30-11-26(19(16)27)10-12-3-5-15(6-4-12)21(23,24)25/h3-6,8-9,13H,2,7,10-11H2,1H3,(H,28,29)/t13-/m0/s1. The van der Waals surface area contributed by atoms with E-state index in [0.717, 1.165) is 18.2 Å². The molecule has 0 saturated heterocycles. The van der Waals surface area contributed by atoms with Crippen LogP contribution in [0, 0.1) is 11.7 Å². The third-order valence-corrected chi connectivity index (χ3v) is 5.01. The van der Waals surface area contributed by atoms with Gasteiger partial charge in [-0.3, -0.25) is 9.59 Å². The zero-order valence-electron chi connectivity index (χ0n) is 16.0. The predicted octanol–water partition coefficient (Wildman–Crippen LogP) is 4.49. The van der Waals surface area contributed by atoms with E-state index < -0.39 is 35.4 Å². The molecule has 0 bridgehead atoms. The molecule has 5 nitrogen and oxygen atoms in total. The van der Waals surface area contributed by atoms with E-state index in [1.54, 1.807) is 6.92 Å². The van der Waals surface area contributed by atoms with Gasteiger partial charge < -0.3 is 14.7 Å². The first-order valence-corrected chi connectivity index (χ1v) is 9.23. The molecule has 0 aromatic heterocycles. The van der Waals surface area contributed by atoms with Crippen molar-refractivity contribution in [3.05, 3.63) is 64.5 Å². The fourth-order valence-electron chi connectivity index (χ4n) is 3.23. The lowest BCUT2D eigenvalue weighted by atomic mass is 9.94. The van der Waals surface area contributed by atoms with E-state index in [-0.39, 0.29) is 36.6 Å². The van der Waals surface area contributed by atoms with Gasteiger partial charge in [0.15, 0.2) is 6.73 Å². The number of amides is 1. The second-order valence-electron chi connectivity index (χ2n) is 7.06. The third kappa shape index (κ3) is 4.55. The van der Waals surface area contributed by atoms with Crippen LogP contribution in [0.4, 0.5) is 17.6 Å². The average molecular weight is 425 g/mol. The quantitative estimate of drug-likeness (QED) is 0.693. The largest absolute Gasteiger partial charge is 0.481 e. The van der Waals surface area contributed by atoms with Crippen molar-refractivity contribution in [2.45, 2.75) is 32.5 Å². The molecule has 0 saturated carbocycles. The molecule has 1 heterocycles. The third-order valence-electron chi connectivity index (χ3n) is 5.01. The van der Waals surface area contributed by atoms with Crippen molar-refractivity contribution in [2.24, 2.45) is 5.92 Å². The molecule has 1 atom stereocenters. The predicted molar refractivity (Wildman–Crippen MR) is 98.3 cm³/mol. The van der Waals surface area contributed by atoms with Gasteiger partial charge in [-0.15, -0.1) is 0 Å². The van der Waals surface area contributed by atoms with Crippen LogP contribution in [0.25, 0.3) is 0 Å². The number of alkyl halides is 3. The Labute approximate surface area is 169 Å². The van der Waals surface area contributed by atoms with Crippen molar-refractivity contribution in [3.63, 3.8) is 0 Å². The van der Waals surface area contributed by atoms with Crippen molar-refractivity contribution >= 4 is 11.9 Å². The van der Waals surface area contributed by atoms with E-state index in [4.69, 9.17) is 4.74 Å². The van der Waals surface area contributed by atoms with Crippen molar-refractivity contribution in [3.8, 4) is 5.75 Å². The minimum atomic E-state index is -4.45. The molecule has 160 valence electrons. The van der Waals surface area contributed by atoms with Crippen molar-refractivity contribution < 1.29 is 37.0 Å². The average Bonchev–Trinajstić information content (AvgIpc) is 2.68. The number of carbonyl (C=O) groups is 2. The number of hydrogen-bond acceptors (Lipinski definition) is 3. The number of ether oxygens (including phenoxy) is 1. The van der Waals surface area contributed by atoms with Gasteiger partial charge in [-0.2, -0.15) is 13.2 Å². The number of carboxylic acid groups (broad SMARTS) is 1. The number of nitrogens with zero attached hydrogens (tertiary/aromatic N) is 1. The highest BCUT2D eigenvalue weighted by molar-refractivity contribution is 5.98. The van der Waals surface area contributed by atoms with E-state index in [2.05, 4.69) is 0 Å². The first-order chi connectivity index (χ1) is 14.1. The molecule has 0 unspecified atom stereocenters. The van der Waals surface area contributed by atoms with Gasteiger partial charge in [0.2, 0.25) is 0 Å². The maximum Gasteiger partial charge on any atom is 0.416 e. The number of aliphatic carboxylic acids is 1. The Morgan fingerprint density at radius 3 is 2.47 bits per heavy atom. The molecule has 3 rings (SSSR count). The summed E-state index contributed by atoms with van der Waals surface area (Å²) in [5.74, 6) is -2.92. The minimum Gasteiger partial charge on any atom is -0.481 e. The molecule has 2 aromatic carbocycles. The summed E-state index contributed by atoms with van der Waals surface area (Å²) in [4.78, 5) is 25.4. The number of fused-ring (bicyclic) bond motifs is 1. The summed E-state index contributed by atoms with van der Waals surface area (Å²) < 4.78 is 57.9. The Kier molecular flexibility index (Phi) is 6.00. The number of rotatable bonds is 6. The number of carbonyl (C=O) groups excluding carboxylic acids is 1. The molecular formula is C21H19F4NO4. The van der Waals surface area contributed by atoms with Crippen molar-refractivity contribution in [1.29, 1.82) is 0 Å². The van der Waals surface area contributed by atoms with Crippen LogP contribution in [0.15, 0.2) is 36.4 Å². The highest BCUT2D eigenvalue weighted by Crippen LogP contribution is 2.31. The molecule has 1 N–H and O–H groups in total. The van der Waals surface area contributed by atoms with Crippen LogP contribution < -0.4 is 4.74 Å². The Morgan fingerprint density at radius 2 is 1.90 bits per heavy atom. The van der Waals surface area contributed by atoms with Crippen LogP contribution in [0.1, 0.15) is 40.4 Å². The Balaban J connectivity index is 1.80. The molecule has 1 aliphatic heterocycles. The Hall–Kier alpha value is -3.10. The maximum absolute atomic E-state index is 14.4. The van der Waals surface area contributed by atoms with Crippen LogP contribution in [0.3, 0.4) is 0 Å². The summed E-state index contributed by atoms with van der Waals surface area (Å²) in [6, 6.07) is 6.77. The maximum atomic E-state index is 14.4. The normalized spacial score (nSPS) is 14.8. The van der Waals surface area contributed by atoms with E-state index >= 15 is 0 Å². The lowest BCUT2D eigenvalue weighted by Gasteiger charge is -2.29. The smallest absolute Gasteiger partial charge is 0.416 e. The zero-order chi connectivity index (χ0) is 22.1. The van der Waals surface area contributed by atoms with Gasteiger partial charge in [-0.05, 0) is 42.2 Å². The monoisotopic (exact) mass is 425 g/mol. The summed E-state index contributed by atoms with van der Waals surface area (Å²) in [7, 11) is 0. The molecule has 0 aliphatic carbocycles. The van der Waals surface area contributed by atoms with Crippen LogP contribution in [0.5, 0.6) is 5.75 Å². The van der Waals surface area contributed by atoms with Crippen molar-refractivity contribution in [1.82, 2.24) is 4.90 Å². The molecule has 9 heteroatoms. The van der Waals surface area contributed by atoms with E-state index in [1.165, 1.54) is 23.1 Å². The van der Waals surface area contributed by atoms with Crippen molar-refractivity contribution in [2.75, 3.05) is 6.73 Å². The topological polar surface area (TPSA) is 66.8 Å². The number of hydrogen-bond donors (Lipinski definition) is 1. The van der Waals surface area contributed by atoms with E-state index in [9.17, 15) is 32.3 Å². The number of benzene rings is 2. The highest BCUT2D eigenvalue weighted by Gasteiger charge is 2.31. The summed E-state index contributed by atoms with van der Waals surface area (Å²) in [5.41, 5.74) is -0.134. The number of carboxylic acids is 1. The van der Waals surface area contributed by atoms with Gasteiger partial charge in [0.25, 0.3) is 5.91 Å². The lowest BCUT2D eigenvalue weighted by molar-refractivity contribution is -0.142. The first kappa shape index (κ1) is 21.6. The second kappa shape index (κ2) is 8.33. The Morgan fingerprint density at radius 1 is 1.23 bits per heavy atom. The molecule has 30 heavy (non-hydrogen) atoms. The summed E-state index contributed by atoms with van der Waals surface area (Å²) in [6.07, 6.45) is -4.22. The van der Waals surface area contributed by atoms with Crippen LogP contribution >= 0.6 is 0 Å². The van der Waals surface area contributed by atoms with Gasteiger partial charge in [-0.25, -0.2) is 4.39 Å². The summed E-state index contributed by atoms with van der Waals surface area (Å²) >= 11 is 0. The van der Waals surface area contributed by atoms with Gasteiger partial charge in [0.05, 0.1) is 17.0 Å². The zero-order valence-corrected chi connectivity index (χ0v) is 16.0. The summed E-state index contributed by atoms with van der Waals surface area (Å²) in [5, 5.41) is 9.20. The Bertz CT molecular complexity index is 957. The molecule has 0 fully saturated rings. The van der Waals surface area contributed by atoms with E-state index in [0.29, 0.717) is 12.0 Å². The number of halogens is 4. The fraction of sp³-hybridized carbons (Fsp3) is 0.333.